The van der Waals surface area contributed by atoms with Crippen LogP contribution in [0, 0.1) is 17.8 Å². The number of amides is 1. The summed E-state index contributed by atoms with van der Waals surface area (Å²) in [4.78, 5) is 12.3. The summed E-state index contributed by atoms with van der Waals surface area (Å²) in [6.07, 6.45) is 5.57. The van der Waals surface area contributed by atoms with Crippen LogP contribution in [0.25, 0.3) is 0 Å². The van der Waals surface area contributed by atoms with Crippen LogP contribution in [0.2, 0.25) is 0 Å². The van der Waals surface area contributed by atoms with Gasteiger partial charge in [-0.05, 0) is 57.4 Å². The predicted molar refractivity (Wildman–Crippen MR) is 74.3 cm³/mol. The van der Waals surface area contributed by atoms with Crippen LogP contribution in [-0.2, 0) is 4.79 Å². The van der Waals surface area contributed by atoms with Gasteiger partial charge in [-0.1, -0.05) is 13.8 Å². The molecule has 5 atom stereocenters. The molecule has 18 heavy (non-hydrogen) atoms. The minimum atomic E-state index is 0.232. The van der Waals surface area contributed by atoms with E-state index in [9.17, 15) is 4.79 Å². The molecule has 2 N–H and O–H groups in total. The molecule has 0 aromatic carbocycles. The molecule has 0 aromatic rings. The summed E-state index contributed by atoms with van der Waals surface area (Å²) in [5.41, 5.74) is 0. The number of rotatable bonds is 2. The summed E-state index contributed by atoms with van der Waals surface area (Å²) in [5, 5.41) is 6.70. The smallest absolute Gasteiger partial charge is 0.223 e. The first-order valence-electron chi connectivity index (χ1n) is 7.60. The monoisotopic (exact) mass is 252 g/mol. The topological polar surface area (TPSA) is 41.1 Å². The van der Waals surface area contributed by atoms with Crippen LogP contribution >= 0.6 is 0 Å². The van der Waals surface area contributed by atoms with E-state index in [-0.39, 0.29) is 5.92 Å². The maximum Gasteiger partial charge on any atom is 0.223 e. The van der Waals surface area contributed by atoms with Gasteiger partial charge in [-0.2, -0.15) is 0 Å². The molecule has 1 saturated carbocycles. The lowest BCUT2D eigenvalue weighted by atomic mass is 9.79. The number of carbonyl (C=O) groups excluding carboxylic acids is 1. The fourth-order valence-electron chi connectivity index (χ4n) is 3.37. The third-order valence-electron chi connectivity index (χ3n) is 4.94. The average molecular weight is 252 g/mol. The first kappa shape index (κ1) is 13.9. The first-order chi connectivity index (χ1) is 8.56. The maximum absolute atomic E-state index is 12.3. The van der Waals surface area contributed by atoms with Gasteiger partial charge in [0.25, 0.3) is 0 Å². The van der Waals surface area contributed by atoms with Gasteiger partial charge in [0, 0.05) is 18.0 Å². The molecule has 0 aromatic heterocycles. The van der Waals surface area contributed by atoms with Crippen molar-refractivity contribution in [3.05, 3.63) is 0 Å². The summed E-state index contributed by atoms with van der Waals surface area (Å²) >= 11 is 0. The van der Waals surface area contributed by atoms with Crippen LogP contribution < -0.4 is 10.6 Å². The Hall–Kier alpha value is -0.570. The van der Waals surface area contributed by atoms with Gasteiger partial charge < -0.3 is 10.6 Å². The predicted octanol–water partition coefficient (Wildman–Crippen LogP) is 2.32. The van der Waals surface area contributed by atoms with Gasteiger partial charge in [0.05, 0.1) is 0 Å². The van der Waals surface area contributed by atoms with Gasteiger partial charge in [-0.25, -0.2) is 0 Å². The fourth-order valence-corrected chi connectivity index (χ4v) is 3.37. The summed E-state index contributed by atoms with van der Waals surface area (Å²) in [6.45, 7) is 7.80. The van der Waals surface area contributed by atoms with Crippen molar-refractivity contribution in [1.82, 2.24) is 10.6 Å². The van der Waals surface area contributed by atoms with E-state index in [0.717, 1.165) is 44.1 Å². The Labute approximate surface area is 111 Å². The van der Waals surface area contributed by atoms with Crippen molar-refractivity contribution in [3.8, 4) is 0 Å². The molecule has 104 valence electrons. The van der Waals surface area contributed by atoms with E-state index in [0.29, 0.717) is 18.0 Å². The maximum atomic E-state index is 12.3. The van der Waals surface area contributed by atoms with Gasteiger partial charge >= 0.3 is 0 Å². The molecule has 0 radical (unpaired) electrons. The molecule has 3 nitrogen and oxygen atoms in total. The van der Waals surface area contributed by atoms with Crippen molar-refractivity contribution in [1.29, 1.82) is 0 Å². The van der Waals surface area contributed by atoms with Gasteiger partial charge in [0.1, 0.15) is 0 Å². The Morgan fingerprint density at radius 1 is 1.06 bits per heavy atom. The molecule has 1 heterocycles. The highest BCUT2D eigenvalue weighted by Crippen LogP contribution is 2.29. The van der Waals surface area contributed by atoms with Crippen molar-refractivity contribution in [2.24, 2.45) is 17.8 Å². The van der Waals surface area contributed by atoms with Crippen LogP contribution in [-0.4, -0.2) is 24.5 Å². The summed E-state index contributed by atoms with van der Waals surface area (Å²) in [5.74, 6) is 2.10. The van der Waals surface area contributed by atoms with Crippen molar-refractivity contribution in [2.45, 2.75) is 65.0 Å². The Balaban J connectivity index is 1.80. The van der Waals surface area contributed by atoms with Crippen molar-refractivity contribution >= 4 is 5.91 Å². The van der Waals surface area contributed by atoms with E-state index in [1.54, 1.807) is 0 Å². The van der Waals surface area contributed by atoms with Crippen molar-refractivity contribution in [3.63, 3.8) is 0 Å². The Morgan fingerprint density at radius 3 is 2.50 bits per heavy atom. The molecule has 2 rings (SSSR count). The second-order valence-corrected chi connectivity index (χ2v) is 6.55. The third-order valence-corrected chi connectivity index (χ3v) is 4.94. The van der Waals surface area contributed by atoms with Crippen LogP contribution in [0.4, 0.5) is 0 Å². The zero-order chi connectivity index (χ0) is 13.1. The molecule has 0 spiro atoms. The second kappa shape index (κ2) is 6.05. The molecule has 5 unspecified atom stereocenters. The van der Waals surface area contributed by atoms with E-state index < -0.39 is 0 Å². The Morgan fingerprint density at radius 2 is 1.83 bits per heavy atom. The lowest BCUT2D eigenvalue weighted by molar-refractivity contribution is -0.127. The normalized spacial score (nSPS) is 41.4. The van der Waals surface area contributed by atoms with Gasteiger partial charge in [-0.3, -0.25) is 4.79 Å². The highest BCUT2D eigenvalue weighted by molar-refractivity contribution is 5.79. The summed E-state index contributed by atoms with van der Waals surface area (Å²) in [7, 11) is 0. The molecule has 3 heteroatoms. The first-order valence-corrected chi connectivity index (χ1v) is 7.60. The van der Waals surface area contributed by atoms with E-state index in [2.05, 4.69) is 31.4 Å². The second-order valence-electron chi connectivity index (χ2n) is 6.55. The largest absolute Gasteiger partial charge is 0.353 e. The van der Waals surface area contributed by atoms with Crippen LogP contribution in [0.3, 0.4) is 0 Å². The Kier molecular flexibility index (Phi) is 4.66. The Bertz CT molecular complexity index is 292. The standard InChI is InChI=1S/C15H28N2O/c1-10-4-5-14(8-11(10)2)17-15(18)13-6-7-16-12(3)9-13/h10-14,16H,4-9H2,1-3H3,(H,17,18). The number of carbonyl (C=O) groups is 1. The molecule has 2 aliphatic rings. The number of piperidine rings is 1. The van der Waals surface area contributed by atoms with E-state index in [1.165, 1.54) is 6.42 Å². The average Bonchev–Trinajstić information content (AvgIpc) is 2.34. The fraction of sp³-hybridized carbons (Fsp3) is 0.933. The molecular weight excluding hydrogens is 224 g/mol. The third kappa shape index (κ3) is 3.47. The van der Waals surface area contributed by atoms with Crippen LogP contribution in [0.15, 0.2) is 0 Å². The molecule has 1 saturated heterocycles. The number of hydrogen-bond donors (Lipinski definition) is 2. The molecule has 0 bridgehead atoms. The number of hydrogen-bond acceptors (Lipinski definition) is 2. The molecular formula is C15H28N2O. The molecule has 1 aliphatic carbocycles. The van der Waals surface area contributed by atoms with Crippen molar-refractivity contribution in [2.75, 3.05) is 6.54 Å². The zero-order valence-electron chi connectivity index (χ0n) is 12.0. The number of nitrogens with one attached hydrogen (secondary N) is 2. The lowest BCUT2D eigenvalue weighted by Crippen LogP contribution is -2.46. The van der Waals surface area contributed by atoms with Crippen LogP contribution in [0.1, 0.15) is 52.9 Å². The minimum Gasteiger partial charge on any atom is -0.353 e. The van der Waals surface area contributed by atoms with Crippen LogP contribution in [0.5, 0.6) is 0 Å². The van der Waals surface area contributed by atoms with Gasteiger partial charge in [-0.15, -0.1) is 0 Å². The summed E-state index contributed by atoms with van der Waals surface area (Å²) < 4.78 is 0. The van der Waals surface area contributed by atoms with Crippen molar-refractivity contribution < 1.29 is 4.79 Å². The minimum absolute atomic E-state index is 0.232. The molecule has 1 amide bonds. The van der Waals surface area contributed by atoms with E-state index in [1.807, 2.05) is 0 Å². The highest BCUT2D eigenvalue weighted by Gasteiger charge is 2.29. The lowest BCUT2D eigenvalue weighted by Gasteiger charge is -2.34. The summed E-state index contributed by atoms with van der Waals surface area (Å²) in [6, 6.07) is 0.911. The quantitative estimate of drug-likeness (QED) is 0.792. The van der Waals surface area contributed by atoms with Gasteiger partial charge in [0.2, 0.25) is 5.91 Å². The molecule has 2 fully saturated rings. The van der Waals surface area contributed by atoms with E-state index >= 15 is 0 Å². The van der Waals surface area contributed by atoms with E-state index in [4.69, 9.17) is 0 Å². The molecule has 1 aliphatic heterocycles. The zero-order valence-corrected chi connectivity index (χ0v) is 12.0. The SMILES string of the molecule is CC1CC(C(=O)NC2CCC(C)C(C)C2)CCN1. The van der Waals surface area contributed by atoms with Gasteiger partial charge in [0.15, 0.2) is 0 Å². The highest BCUT2D eigenvalue weighted by atomic mass is 16.1.